The van der Waals surface area contributed by atoms with Crippen LogP contribution in [0.15, 0.2) is 6.07 Å². The van der Waals surface area contributed by atoms with Crippen LogP contribution in [0.4, 0.5) is 0 Å². The van der Waals surface area contributed by atoms with Crippen molar-refractivity contribution in [3.8, 4) is 0 Å². The lowest BCUT2D eigenvalue weighted by molar-refractivity contribution is 0.744. The number of rotatable bonds is 3. The van der Waals surface area contributed by atoms with Crippen LogP contribution in [0.1, 0.15) is 37.0 Å². The summed E-state index contributed by atoms with van der Waals surface area (Å²) in [6.07, 6.45) is 3.24. The second kappa shape index (κ2) is 3.96. The normalized spacial score (nSPS) is 11.1. The highest BCUT2D eigenvalue weighted by Gasteiger charge is 2.06. The summed E-state index contributed by atoms with van der Waals surface area (Å²) >= 11 is 0. The molecule has 0 spiro atoms. The van der Waals surface area contributed by atoms with Crippen LogP contribution < -0.4 is 0 Å². The zero-order chi connectivity index (χ0) is 10.8. The Morgan fingerprint density at radius 3 is 2.80 bits per heavy atom. The van der Waals surface area contributed by atoms with Crippen LogP contribution in [0, 0.1) is 13.8 Å². The van der Waals surface area contributed by atoms with Gasteiger partial charge in [0.1, 0.15) is 0 Å². The van der Waals surface area contributed by atoms with Gasteiger partial charge in [0, 0.05) is 17.8 Å². The average Bonchev–Trinajstić information content (AvgIpc) is 2.57. The summed E-state index contributed by atoms with van der Waals surface area (Å²) in [6.45, 7) is 6.18. The number of aromatic nitrogens is 4. The molecule has 80 valence electrons. The molecular formula is C11H16N4. The molecule has 0 aliphatic heterocycles. The fourth-order valence-corrected chi connectivity index (χ4v) is 1.65. The molecule has 0 amide bonds. The van der Waals surface area contributed by atoms with E-state index < -0.39 is 0 Å². The van der Waals surface area contributed by atoms with E-state index in [1.54, 1.807) is 0 Å². The summed E-state index contributed by atoms with van der Waals surface area (Å²) in [6, 6.07) is 2.02. The second-order valence-corrected chi connectivity index (χ2v) is 3.88. The van der Waals surface area contributed by atoms with E-state index in [9.17, 15) is 0 Å². The first-order valence-corrected chi connectivity index (χ1v) is 5.40. The highest BCUT2D eigenvalue weighted by Crippen LogP contribution is 2.06. The highest BCUT2D eigenvalue weighted by molar-refractivity contribution is 5.30. The molecule has 0 bridgehead atoms. The summed E-state index contributed by atoms with van der Waals surface area (Å²) in [5, 5.41) is 4.43. The van der Waals surface area contributed by atoms with Gasteiger partial charge in [-0.1, -0.05) is 13.3 Å². The molecule has 15 heavy (non-hydrogen) atoms. The molecule has 0 atom stereocenters. The third-order valence-corrected chi connectivity index (χ3v) is 2.42. The molecule has 0 aromatic carbocycles. The van der Waals surface area contributed by atoms with E-state index in [-0.39, 0.29) is 0 Å². The third kappa shape index (κ3) is 1.98. The Bertz CT molecular complexity index is 473. The van der Waals surface area contributed by atoms with Crippen molar-refractivity contribution in [1.29, 1.82) is 0 Å². The van der Waals surface area contributed by atoms with Crippen LogP contribution in [0.2, 0.25) is 0 Å². The maximum atomic E-state index is 4.43. The standard InChI is InChI=1S/C11H16N4/c1-4-5-6-10-13-11-12-8(2)7-9(3)15(11)14-10/h7H,4-6H2,1-3H3. The molecule has 0 fully saturated rings. The van der Waals surface area contributed by atoms with Crippen molar-refractivity contribution in [1.82, 2.24) is 19.6 Å². The third-order valence-electron chi connectivity index (χ3n) is 2.42. The Morgan fingerprint density at radius 2 is 2.07 bits per heavy atom. The molecule has 0 aliphatic rings. The summed E-state index contributed by atoms with van der Waals surface area (Å²) < 4.78 is 1.82. The molecule has 0 aliphatic carbocycles. The molecule has 0 saturated heterocycles. The van der Waals surface area contributed by atoms with Gasteiger partial charge in [0.05, 0.1) is 0 Å². The Morgan fingerprint density at radius 1 is 1.27 bits per heavy atom. The van der Waals surface area contributed by atoms with Gasteiger partial charge in [0.15, 0.2) is 5.82 Å². The summed E-state index contributed by atoms with van der Waals surface area (Å²) in [4.78, 5) is 8.77. The predicted octanol–water partition coefficient (Wildman–Crippen LogP) is 2.08. The fourth-order valence-electron chi connectivity index (χ4n) is 1.65. The lowest BCUT2D eigenvalue weighted by atomic mass is 10.2. The molecule has 2 heterocycles. The van der Waals surface area contributed by atoms with E-state index in [0.717, 1.165) is 35.8 Å². The van der Waals surface area contributed by atoms with Crippen LogP contribution >= 0.6 is 0 Å². The van der Waals surface area contributed by atoms with Crippen molar-refractivity contribution in [3.63, 3.8) is 0 Å². The predicted molar refractivity (Wildman–Crippen MR) is 58.9 cm³/mol. The van der Waals surface area contributed by atoms with E-state index in [4.69, 9.17) is 0 Å². The van der Waals surface area contributed by atoms with Gasteiger partial charge in [-0.3, -0.25) is 0 Å². The van der Waals surface area contributed by atoms with Gasteiger partial charge in [0.25, 0.3) is 5.78 Å². The van der Waals surface area contributed by atoms with Crippen LogP contribution in [0.5, 0.6) is 0 Å². The van der Waals surface area contributed by atoms with Crippen molar-refractivity contribution < 1.29 is 0 Å². The minimum Gasteiger partial charge on any atom is -0.216 e. The maximum absolute atomic E-state index is 4.43. The van der Waals surface area contributed by atoms with Crippen LogP contribution in [-0.4, -0.2) is 19.6 Å². The van der Waals surface area contributed by atoms with Gasteiger partial charge in [-0.15, -0.1) is 5.10 Å². The minimum atomic E-state index is 0.721. The molecule has 2 aromatic heterocycles. The average molecular weight is 204 g/mol. The van der Waals surface area contributed by atoms with E-state index >= 15 is 0 Å². The highest BCUT2D eigenvalue weighted by atomic mass is 15.3. The summed E-state index contributed by atoms with van der Waals surface area (Å²) in [7, 11) is 0. The number of aryl methyl sites for hydroxylation is 3. The van der Waals surface area contributed by atoms with Crippen molar-refractivity contribution in [2.24, 2.45) is 0 Å². The Kier molecular flexibility index (Phi) is 2.66. The Labute approximate surface area is 89.4 Å². The van der Waals surface area contributed by atoms with Crippen molar-refractivity contribution in [2.45, 2.75) is 40.0 Å². The molecule has 4 heteroatoms. The van der Waals surface area contributed by atoms with Crippen molar-refractivity contribution in [2.75, 3.05) is 0 Å². The van der Waals surface area contributed by atoms with Crippen LogP contribution in [0.3, 0.4) is 0 Å². The Balaban J connectivity index is 2.41. The van der Waals surface area contributed by atoms with E-state index in [0.29, 0.717) is 0 Å². The largest absolute Gasteiger partial charge is 0.252 e. The van der Waals surface area contributed by atoms with Gasteiger partial charge < -0.3 is 0 Å². The van der Waals surface area contributed by atoms with Crippen molar-refractivity contribution >= 4 is 5.78 Å². The smallest absolute Gasteiger partial charge is 0.216 e. The zero-order valence-corrected chi connectivity index (χ0v) is 9.49. The van der Waals surface area contributed by atoms with Crippen LogP contribution in [0.25, 0.3) is 5.78 Å². The van der Waals surface area contributed by atoms with E-state index in [1.165, 1.54) is 6.42 Å². The van der Waals surface area contributed by atoms with Crippen LogP contribution in [-0.2, 0) is 6.42 Å². The SMILES string of the molecule is CCCCc1nc2nc(C)cc(C)n2n1. The zero-order valence-electron chi connectivity index (χ0n) is 9.49. The van der Waals surface area contributed by atoms with E-state index in [1.807, 2.05) is 24.4 Å². The lowest BCUT2D eigenvalue weighted by Crippen LogP contribution is -1.97. The molecule has 0 saturated carbocycles. The lowest BCUT2D eigenvalue weighted by Gasteiger charge is -1.97. The van der Waals surface area contributed by atoms with Gasteiger partial charge in [-0.2, -0.15) is 4.98 Å². The number of nitrogens with zero attached hydrogens (tertiary/aromatic N) is 4. The maximum Gasteiger partial charge on any atom is 0.252 e. The first-order chi connectivity index (χ1) is 7.20. The topological polar surface area (TPSA) is 43.1 Å². The van der Waals surface area contributed by atoms with Gasteiger partial charge >= 0.3 is 0 Å². The number of fused-ring (bicyclic) bond motifs is 1. The Hall–Kier alpha value is -1.45. The summed E-state index contributed by atoms with van der Waals surface area (Å²) in [5.74, 6) is 1.62. The van der Waals surface area contributed by atoms with E-state index in [2.05, 4.69) is 22.0 Å². The monoisotopic (exact) mass is 204 g/mol. The van der Waals surface area contributed by atoms with Crippen molar-refractivity contribution in [3.05, 3.63) is 23.3 Å². The molecule has 2 aromatic rings. The summed E-state index contributed by atoms with van der Waals surface area (Å²) in [5.41, 5.74) is 2.09. The quantitative estimate of drug-likeness (QED) is 0.768. The molecule has 0 unspecified atom stereocenters. The van der Waals surface area contributed by atoms with Gasteiger partial charge in [0.2, 0.25) is 0 Å². The first-order valence-electron chi connectivity index (χ1n) is 5.40. The molecular weight excluding hydrogens is 188 g/mol. The first kappa shape index (κ1) is 10.1. The molecule has 0 radical (unpaired) electrons. The molecule has 0 N–H and O–H groups in total. The van der Waals surface area contributed by atoms with Gasteiger partial charge in [-0.05, 0) is 26.3 Å². The number of hydrogen-bond donors (Lipinski definition) is 0. The number of unbranched alkanes of at least 4 members (excludes halogenated alkanes) is 1. The second-order valence-electron chi connectivity index (χ2n) is 3.88. The molecule has 2 rings (SSSR count). The van der Waals surface area contributed by atoms with Gasteiger partial charge in [-0.25, -0.2) is 9.50 Å². The number of hydrogen-bond acceptors (Lipinski definition) is 3. The minimum absolute atomic E-state index is 0.721. The molecule has 4 nitrogen and oxygen atoms in total. The fraction of sp³-hybridized carbons (Fsp3) is 0.545.